The van der Waals surface area contributed by atoms with Gasteiger partial charge in [0, 0.05) is 36.9 Å². The van der Waals surface area contributed by atoms with E-state index in [0.29, 0.717) is 29.0 Å². The number of carboxylic acids is 2. The van der Waals surface area contributed by atoms with Crippen LogP contribution in [0.3, 0.4) is 0 Å². The number of aliphatic carboxylic acids is 2. The first kappa shape index (κ1) is 41.8. The zero-order valence-corrected chi connectivity index (χ0v) is 29.2. The molecule has 19 nitrogen and oxygen atoms in total. The fraction of sp³-hybridized carbons (Fsp3) is 0.371. The summed E-state index contributed by atoms with van der Waals surface area (Å²) in [7, 11) is 0. The SMILES string of the molecule is Cc1cc(C(=O)NCC(=O)N[C@H](CCC(=O)O)C(=O)NCC(=O)N[C@H](CCCCNC(=O)c2ccccc2)C(=O)O)cc(C(=O)ON2C(=O)CCC2=O)c1. The minimum absolute atomic E-state index is 0.0216. The average Bonchev–Trinajstić information content (AvgIpc) is 3.45. The number of imide groups is 1. The van der Waals surface area contributed by atoms with Crippen LogP contribution in [-0.4, -0.2) is 106 Å². The van der Waals surface area contributed by atoms with Crippen molar-refractivity contribution in [3.8, 4) is 0 Å². The number of carbonyl (C=O) groups is 10. The molecule has 0 aromatic heterocycles. The molecule has 3 rings (SSSR count). The van der Waals surface area contributed by atoms with Gasteiger partial charge in [-0.25, -0.2) is 9.59 Å². The van der Waals surface area contributed by atoms with Gasteiger partial charge in [0.25, 0.3) is 23.6 Å². The molecule has 7 N–H and O–H groups in total. The van der Waals surface area contributed by atoms with Crippen LogP contribution >= 0.6 is 0 Å². The second kappa shape index (κ2) is 20.4. The van der Waals surface area contributed by atoms with Crippen LogP contribution in [0, 0.1) is 6.92 Å². The number of hydrogen-bond acceptors (Lipinski definition) is 11. The molecular formula is C35H40N6O13. The van der Waals surface area contributed by atoms with E-state index in [1.807, 2.05) is 0 Å². The fourth-order valence-corrected chi connectivity index (χ4v) is 5.03. The summed E-state index contributed by atoms with van der Waals surface area (Å²) in [5.41, 5.74) is 0.647. The average molecular weight is 753 g/mol. The molecule has 7 amide bonds. The van der Waals surface area contributed by atoms with Crippen LogP contribution in [0.5, 0.6) is 0 Å². The van der Waals surface area contributed by atoms with E-state index >= 15 is 0 Å². The van der Waals surface area contributed by atoms with E-state index in [9.17, 15) is 53.1 Å². The molecule has 0 unspecified atom stereocenters. The number of nitrogens with one attached hydrogen (secondary N) is 5. The molecule has 19 heteroatoms. The minimum atomic E-state index is -1.46. The Kier molecular flexibility index (Phi) is 15.8. The van der Waals surface area contributed by atoms with Crippen molar-refractivity contribution in [1.82, 2.24) is 31.6 Å². The van der Waals surface area contributed by atoms with Crippen LogP contribution in [0.4, 0.5) is 0 Å². The Labute approximate surface area is 308 Å². The molecule has 1 saturated heterocycles. The summed E-state index contributed by atoms with van der Waals surface area (Å²) in [6.07, 6.45) is -0.400. The molecule has 0 spiro atoms. The summed E-state index contributed by atoms with van der Waals surface area (Å²) in [5, 5.41) is 30.8. The largest absolute Gasteiger partial charge is 0.481 e. The quantitative estimate of drug-likeness (QED) is 0.0669. The number of nitrogens with zero attached hydrogens (tertiary/aromatic N) is 1. The molecule has 2 aromatic carbocycles. The van der Waals surface area contributed by atoms with E-state index in [1.54, 1.807) is 37.3 Å². The van der Waals surface area contributed by atoms with Crippen LogP contribution < -0.4 is 26.6 Å². The number of amides is 7. The first-order chi connectivity index (χ1) is 25.6. The molecule has 0 saturated carbocycles. The summed E-state index contributed by atoms with van der Waals surface area (Å²) >= 11 is 0. The summed E-state index contributed by atoms with van der Waals surface area (Å²) in [6.45, 7) is 0.423. The number of hydrogen-bond donors (Lipinski definition) is 7. The Balaban J connectivity index is 1.48. The van der Waals surface area contributed by atoms with Crippen molar-refractivity contribution in [2.24, 2.45) is 0 Å². The maximum Gasteiger partial charge on any atom is 0.363 e. The van der Waals surface area contributed by atoms with E-state index in [0.717, 1.165) is 6.07 Å². The molecule has 0 aliphatic carbocycles. The van der Waals surface area contributed by atoms with Gasteiger partial charge in [-0.15, -0.1) is 5.06 Å². The lowest BCUT2D eigenvalue weighted by atomic mass is 10.1. The standard InChI is InChI=1S/C35H40N6O13/c1-20-15-22(17-23(16-20)35(53)54-41-28(44)11-12-29(41)45)32(49)37-18-26(42)39-24(10-13-30(46)47)33(50)38-19-27(43)40-25(34(51)52)9-5-6-14-36-31(48)21-7-3-2-4-8-21/h2-4,7-8,15-17,24-25H,5-6,9-14,18-19H2,1H3,(H,36,48)(H,37,49)(H,38,50)(H,39,42)(H,40,43)(H,46,47)(H,51,52)/t24-,25-/m1/s1. The number of unbranched alkanes of at least 4 members (excludes halogenated alkanes) is 1. The normalized spacial score (nSPS) is 13.2. The number of carbonyl (C=O) groups excluding carboxylic acids is 8. The zero-order chi connectivity index (χ0) is 39.8. The van der Waals surface area contributed by atoms with Gasteiger partial charge in [0.15, 0.2) is 0 Å². The smallest absolute Gasteiger partial charge is 0.363 e. The molecule has 54 heavy (non-hydrogen) atoms. The Bertz CT molecular complexity index is 1770. The zero-order valence-electron chi connectivity index (χ0n) is 29.2. The van der Waals surface area contributed by atoms with Gasteiger partial charge in [0.2, 0.25) is 17.7 Å². The van der Waals surface area contributed by atoms with Crippen molar-refractivity contribution < 1.29 is 63.0 Å². The molecule has 1 aliphatic heterocycles. The van der Waals surface area contributed by atoms with E-state index < -0.39 is 91.4 Å². The highest BCUT2D eigenvalue weighted by molar-refractivity contribution is 6.04. The van der Waals surface area contributed by atoms with Crippen molar-refractivity contribution >= 4 is 59.3 Å². The van der Waals surface area contributed by atoms with Gasteiger partial charge in [-0.1, -0.05) is 18.2 Å². The van der Waals surface area contributed by atoms with Crippen molar-refractivity contribution in [2.45, 2.75) is 64.0 Å². The van der Waals surface area contributed by atoms with Crippen LogP contribution in [0.15, 0.2) is 48.5 Å². The second-order valence-corrected chi connectivity index (χ2v) is 12.1. The number of rotatable bonds is 20. The minimum Gasteiger partial charge on any atom is -0.481 e. The molecule has 2 aromatic rings. The summed E-state index contributed by atoms with van der Waals surface area (Å²) in [5.74, 6) is -8.93. The number of aryl methyl sites for hydroxylation is 1. The van der Waals surface area contributed by atoms with E-state index in [4.69, 9.17) is 9.94 Å². The maximum atomic E-state index is 12.9. The topological polar surface area (TPSA) is 284 Å². The predicted molar refractivity (Wildman–Crippen MR) is 184 cm³/mol. The van der Waals surface area contributed by atoms with Gasteiger partial charge in [0.1, 0.15) is 12.1 Å². The van der Waals surface area contributed by atoms with E-state index in [2.05, 4.69) is 26.6 Å². The summed E-state index contributed by atoms with van der Waals surface area (Å²) in [4.78, 5) is 127. The fourth-order valence-electron chi connectivity index (χ4n) is 5.03. The van der Waals surface area contributed by atoms with Crippen molar-refractivity contribution in [3.63, 3.8) is 0 Å². The van der Waals surface area contributed by atoms with Crippen LogP contribution in [0.1, 0.15) is 81.6 Å². The van der Waals surface area contributed by atoms with Crippen LogP contribution in [-0.2, 0) is 38.4 Å². The third kappa shape index (κ3) is 13.5. The van der Waals surface area contributed by atoms with Gasteiger partial charge in [-0.05, 0) is 68.5 Å². The Morgan fingerprint density at radius 3 is 1.94 bits per heavy atom. The maximum absolute atomic E-state index is 12.9. The third-order valence-corrected chi connectivity index (χ3v) is 7.76. The molecule has 0 bridgehead atoms. The molecule has 1 fully saturated rings. The van der Waals surface area contributed by atoms with Crippen molar-refractivity contribution in [1.29, 1.82) is 0 Å². The molecule has 1 aliphatic rings. The second-order valence-electron chi connectivity index (χ2n) is 12.1. The van der Waals surface area contributed by atoms with Crippen molar-refractivity contribution in [3.05, 3.63) is 70.8 Å². The molecule has 0 radical (unpaired) electrons. The predicted octanol–water partition coefficient (Wildman–Crippen LogP) is -0.419. The highest BCUT2D eigenvalue weighted by Gasteiger charge is 2.33. The van der Waals surface area contributed by atoms with E-state index in [1.165, 1.54) is 12.1 Å². The number of benzene rings is 2. The van der Waals surface area contributed by atoms with Crippen LogP contribution in [0.25, 0.3) is 0 Å². The van der Waals surface area contributed by atoms with Gasteiger partial charge in [-0.2, -0.15) is 0 Å². The number of carboxylic acid groups (broad SMARTS) is 2. The lowest BCUT2D eigenvalue weighted by Crippen LogP contribution is -2.52. The molecular weight excluding hydrogens is 712 g/mol. The molecule has 1 heterocycles. The van der Waals surface area contributed by atoms with Gasteiger partial charge in [-0.3, -0.25) is 38.4 Å². The first-order valence-electron chi connectivity index (χ1n) is 16.8. The Morgan fingerprint density at radius 1 is 0.722 bits per heavy atom. The highest BCUT2D eigenvalue weighted by Crippen LogP contribution is 2.16. The summed E-state index contributed by atoms with van der Waals surface area (Å²) in [6, 6.07) is 9.57. The lowest BCUT2D eigenvalue weighted by Gasteiger charge is -2.19. The first-order valence-corrected chi connectivity index (χ1v) is 16.8. The van der Waals surface area contributed by atoms with Crippen molar-refractivity contribution in [2.75, 3.05) is 19.6 Å². The monoisotopic (exact) mass is 752 g/mol. The van der Waals surface area contributed by atoms with Gasteiger partial charge >= 0.3 is 17.9 Å². The number of hydroxylamine groups is 2. The Morgan fingerprint density at radius 2 is 1.31 bits per heavy atom. The van der Waals surface area contributed by atoms with Gasteiger partial charge < -0.3 is 41.6 Å². The Hall–Kier alpha value is -6.66. The molecule has 2 atom stereocenters. The molecule has 288 valence electrons. The highest BCUT2D eigenvalue weighted by atomic mass is 16.7. The van der Waals surface area contributed by atoms with Crippen LogP contribution in [0.2, 0.25) is 0 Å². The van der Waals surface area contributed by atoms with Gasteiger partial charge in [0.05, 0.1) is 18.7 Å². The van der Waals surface area contributed by atoms with E-state index in [-0.39, 0.29) is 42.8 Å². The summed E-state index contributed by atoms with van der Waals surface area (Å²) < 4.78 is 0. The lowest BCUT2D eigenvalue weighted by molar-refractivity contribution is -0.172. The third-order valence-electron chi connectivity index (χ3n) is 7.76.